The molecule has 4 heteroatoms. The molecule has 0 saturated carbocycles. The van der Waals surface area contributed by atoms with Gasteiger partial charge in [0, 0.05) is 14.1 Å². The molecule has 2 aromatic heterocycles. The zero-order chi connectivity index (χ0) is 8.55. The highest BCUT2D eigenvalue weighted by Gasteiger charge is 2.05. The molecule has 62 valence electrons. The Balaban J connectivity index is 2.73. The van der Waals surface area contributed by atoms with Gasteiger partial charge in [0.25, 0.3) is 0 Å². The molecular formula is C8H9N3S. The largest absolute Gasteiger partial charge is 0.361 e. The number of hydrogen-bond donors (Lipinski definition) is 0. The smallest absolute Gasteiger partial charge is 0.149 e. The molecule has 3 nitrogen and oxygen atoms in total. The summed E-state index contributed by atoms with van der Waals surface area (Å²) in [5.74, 6) is 0.995. The topological polar surface area (TPSA) is 29.0 Å². The van der Waals surface area contributed by atoms with Crippen LogP contribution in [0.1, 0.15) is 0 Å². The van der Waals surface area contributed by atoms with Crippen LogP contribution in [0.25, 0.3) is 10.2 Å². The number of aromatic nitrogens is 2. The van der Waals surface area contributed by atoms with E-state index in [1.54, 1.807) is 17.7 Å². The quantitative estimate of drug-likeness (QED) is 0.668. The van der Waals surface area contributed by atoms with E-state index in [4.69, 9.17) is 0 Å². The minimum absolute atomic E-state index is 0.995. The average Bonchev–Trinajstić information content (AvgIpc) is 2.49. The Hall–Kier alpha value is -1.16. The predicted molar refractivity (Wildman–Crippen MR) is 51.7 cm³/mol. The van der Waals surface area contributed by atoms with Gasteiger partial charge in [-0.1, -0.05) is 0 Å². The summed E-state index contributed by atoms with van der Waals surface area (Å²) in [4.78, 5) is 10.4. The fraction of sp³-hybridized carbons (Fsp3) is 0.250. The van der Waals surface area contributed by atoms with Gasteiger partial charge in [-0.25, -0.2) is 9.97 Å². The molecule has 0 aliphatic carbocycles. The molecule has 0 aliphatic heterocycles. The van der Waals surface area contributed by atoms with Crippen LogP contribution in [-0.4, -0.2) is 24.1 Å². The Morgan fingerprint density at radius 3 is 2.92 bits per heavy atom. The zero-order valence-electron chi connectivity index (χ0n) is 6.98. The Morgan fingerprint density at radius 2 is 2.17 bits per heavy atom. The van der Waals surface area contributed by atoms with Crippen molar-refractivity contribution >= 4 is 27.4 Å². The number of thiophene rings is 1. The fourth-order valence-electron chi connectivity index (χ4n) is 1.09. The zero-order valence-corrected chi connectivity index (χ0v) is 7.80. The number of rotatable bonds is 1. The van der Waals surface area contributed by atoms with Crippen molar-refractivity contribution in [2.75, 3.05) is 19.0 Å². The van der Waals surface area contributed by atoms with E-state index < -0.39 is 0 Å². The predicted octanol–water partition coefficient (Wildman–Crippen LogP) is 1.76. The summed E-state index contributed by atoms with van der Waals surface area (Å²) in [7, 11) is 3.98. The molecule has 0 saturated heterocycles. The normalized spacial score (nSPS) is 10.5. The van der Waals surface area contributed by atoms with Gasteiger partial charge in [0.15, 0.2) is 0 Å². The van der Waals surface area contributed by atoms with Gasteiger partial charge in [0.1, 0.15) is 12.1 Å². The van der Waals surface area contributed by atoms with Gasteiger partial charge in [-0.3, -0.25) is 0 Å². The Bertz CT molecular complexity index is 394. The lowest BCUT2D eigenvalue weighted by Gasteiger charge is -2.10. The van der Waals surface area contributed by atoms with Crippen molar-refractivity contribution in [2.24, 2.45) is 0 Å². The molecule has 2 heterocycles. The maximum atomic E-state index is 4.20. The summed E-state index contributed by atoms with van der Waals surface area (Å²) >= 11 is 1.68. The molecule has 0 N–H and O–H groups in total. The third kappa shape index (κ3) is 1.04. The number of fused-ring (bicyclic) bond motifs is 1. The number of anilines is 1. The van der Waals surface area contributed by atoms with E-state index in [1.807, 2.05) is 30.4 Å². The second kappa shape index (κ2) is 2.71. The third-order valence-electron chi connectivity index (χ3n) is 1.65. The molecule has 12 heavy (non-hydrogen) atoms. The average molecular weight is 179 g/mol. The van der Waals surface area contributed by atoms with Gasteiger partial charge in [-0.15, -0.1) is 11.3 Å². The van der Waals surface area contributed by atoms with Crippen molar-refractivity contribution in [3.63, 3.8) is 0 Å². The van der Waals surface area contributed by atoms with Crippen molar-refractivity contribution in [3.8, 4) is 0 Å². The van der Waals surface area contributed by atoms with Gasteiger partial charge in [0.2, 0.25) is 0 Å². The van der Waals surface area contributed by atoms with Crippen molar-refractivity contribution in [1.82, 2.24) is 9.97 Å². The van der Waals surface area contributed by atoms with Gasteiger partial charge in [-0.2, -0.15) is 0 Å². The van der Waals surface area contributed by atoms with Crippen LogP contribution in [0.5, 0.6) is 0 Å². The summed E-state index contributed by atoms with van der Waals surface area (Å²) in [5.41, 5.74) is 1.03. The SMILES string of the molecule is CN(C)c1ncnc2ccsc12. The summed E-state index contributed by atoms with van der Waals surface area (Å²) in [6.07, 6.45) is 1.60. The van der Waals surface area contributed by atoms with E-state index >= 15 is 0 Å². The van der Waals surface area contributed by atoms with Gasteiger partial charge < -0.3 is 4.90 Å². The molecular weight excluding hydrogens is 170 g/mol. The molecule has 2 aromatic rings. The van der Waals surface area contributed by atoms with Crippen LogP contribution in [-0.2, 0) is 0 Å². The standard InChI is InChI=1S/C8H9N3S/c1-11(2)8-7-6(3-4-12-7)9-5-10-8/h3-5H,1-2H3. The Kier molecular flexibility index (Phi) is 1.69. The lowest BCUT2D eigenvalue weighted by atomic mass is 10.4. The van der Waals surface area contributed by atoms with E-state index in [9.17, 15) is 0 Å². The second-order valence-corrected chi connectivity index (χ2v) is 3.64. The minimum Gasteiger partial charge on any atom is -0.361 e. The maximum absolute atomic E-state index is 4.20. The molecule has 0 radical (unpaired) electrons. The molecule has 0 fully saturated rings. The first kappa shape index (κ1) is 7.49. The van der Waals surface area contributed by atoms with Crippen molar-refractivity contribution < 1.29 is 0 Å². The molecule has 0 spiro atoms. The van der Waals surface area contributed by atoms with E-state index in [-0.39, 0.29) is 0 Å². The van der Waals surface area contributed by atoms with Crippen LogP contribution in [0.15, 0.2) is 17.8 Å². The van der Waals surface area contributed by atoms with E-state index in [1.165, 1.54) is 0 Å². The van der Waals surface area contributed by atoms with E-state index in [2.05, 4.69) is 9.97 Å². The van der Waals surface area contributed by atoms with E-state index in [0.29, 0.717) is 0 Å². The highest BCUT2D eigenvalue weighted by molar-refractivity contribution is 7.17. The summed E-state index contributed by atoms with van der Waals surface area (Å²) in [6, 6.07) is 2.01. The number of nitrogens with zero attached hydrogens (tertiary/aromatic N) is 3. The van der Waals surface area contributed by atoms with E-state index in [0.717, 1.165) is 16.0 Å². The second-order valence-electron chi connectivity index (χ2n) is 2.73. The first-order chi connectivity index (χ1) is 5.79. The maximum Gasteiger partial charge on any atom is 0.149 e. The van der Waals surface area contributed by atoms with Crippen LogP contribution in [0, 0.1) is 0 Å². The highest BCUT2D eigenvalue weighted by atomic mass is 32.1. The molecule has 0 aromatic carbocycles. The molecule has 0 aliphatic rings. The first-order valence-electron chi connectivity index (χ1n) is 3.64. The summed E-state index contributed by atoms with van der Waals surface area (Å²) in [5, 5.41) is 2.03. The van der Waals surface area contributed by atoms with Crippen LogP contribution >= 0.6 is 11.3 Å². The molecule has 0 atom stereocenters. The first-order valence-corrected chi connectivity index (χ1v) is 4.52. The third-order valence-corrected chi connectivity index (χ3v) is 2.55. The lowest BCUT2D eigenvalue weighted by molar-refractivity contribution is 1.07. The molecule has 0 unspecified atom stereocenters. The van der Waals surface area contributed by atoms with Crippen molar-refractivity contribution in [3.05, 3.63) is 17.8 Å². The highest BCUT2D eigenvalue weighted by Crippen LogP contribution is 2.25. The van der Waals surface area contributed by atoms with Gasteiger partial charge in [0.05, 0.1) is 10.2 Å². The molecule has 0 amide bonds. The summed E-state index contributed by atoms with van der Waals surface area (Å²) < 4.78 is 1.16. The van der Waals surface area contributed by atoms with Gasteiger partial charge >= 0.3 is 0 Å². The lowest BCUT2D eigenvalue weighted by Crippen LogP contribution is -2.10. The van der Waals surface area contributed by atoms with Crippen LogP contribution in [0.4, 0.5) is 5.82 Å². The van der Waals surface area contributed by atoms with Gasteiger partial charge in [-0.05, 0) is 11.4 Å². The van der Waals surface area contributed by atoms with Crippen LogP contribution in [0.2, 0.25) is 0 Å². The van der Waals surface area contributed by atoms with Crippen LogP contribution in [0.3, 0.4) is 0 Å². The Morgan fingerprint density at radius 1 is 1.33 bits per heavy atom. The summed E-state index contributed by atoms with van der Waals surface area (Å²) in [6.45, 7) is 0. The number of hydrogen-bond acceptors (Lipinski definition) is 4. The molecule has 0 bridgehead atoms. The van der Waals surface area contributed by atoms with Crippen molar-refractivity contribution in [1.29, 1.82) is 0 Å². The Labute approximate surface area is 74.7 Å². The minimum atomic E-state index is 0.995. The van der Waals surface area contributed by atoms with Crippen molar-refractivity contribution in [2.45, 2.75) is 0 Å². The monoisotopic (exact) mass is 179 g/mol. The molecule has 2 rings (SSSR count). The fourth-order valence-corrected chi connectivity index (χ4v) is 2.01. The van der Waals surface area contributed by atoms with Crippen LogP contribution < -0.4 is 4.90 Å².